The van der Waals surface area contributed by atoms with Crippen molar-refractivity contribution in [3.8, 4) is 5.88 Å². The van der Waals surface area contributed by atoms with Crippen molar-refractivity contribution in [1.82, 2.24) is 25.1 Å². The van der Waals surface area contributed by atoms with Crippen LogP contribution in [0.15, 0.2) is 12.1 Å². The van der Waals surface area contributed by atoms with Crippen LogP contribution in [0.5, 0.6) is 5.88 Å². The zero-order valence-electron chi connectivity index (χ0n) is 15.0. The monoisotopic (exact) mass is 347 g/mol. The lowest BCUT2D eigenvalue weighted by atomic mass is 9.94. The highest BCUT2D eigenvalue weighted by molar-refractivity contribution is 5.76. The van der Waals surface area contributed by atoms with Crippen LogP contribution >= 0.6 is 0 Å². The second-order valence-corrected chi connectivity index (χ2v) is 6.98. The number of methoxy groups -OCH3 is 1. The normalized spacial score (nSPS) is 19.7. The molecule has 1 aliphatic rings. The van der Waals surface area contributed by atoms with Gasteiger partial charge in [0.05, 0.1) is 12.7 Å². The summed E-state index contributed by atoms with van der Waals surface area (Å²) >= 11 is 0. The molecular weight excluding hydrogens is 322 g/mol. The number of rotatable bonds is 6. The van der Waals surface area contributed by atoms with E-state index in [1.165, 1.54) is 0 Å². The minimum atomic E-state index is -0.165. The van der Waals surface area contributed by atoms with Crippen LogP contribution in [0.1, 0.15) is 45.4 Å². The molecule has 2 aromatic heterocycles. The third-order valence-corrected chi connectivity index (χ3v) is 4.38. The average molecular weight is 347 g/mol. The number of aromatic nitrogens is 4. The molecule has 0 spiro atoms. The van der Waals surface area contributed by atoms with E-state index in [2.05, 4.69) is 34.5 Å². The van der Waals surface area contributed by atoms with Crippen molar-refractivity contribution >= 4 is 11.6 Å². The molecular formula is C17H25N5O3. The fourth-order valence-corrected chi connectivity index (χ4v) is 3.14. The Morgan fingerprint density at radius 2 is 2.28 bits per heavy atom. The minimum Gasteiger partial charge on any atom is -0.480 e. The Kier molecular flexibility index (Phi) is 5.17. The topological polar surface area (TPSA) is 90.6 Å². The molecule has 136 valence electrons. The van der Waals surface area contributed by atoms with Gasteiger partial charge in [0.15, 0.2) is 11.5 Å². The second-order valence-electron chi connectivity index (χ2n) is 6.98. The molecule has 0 aromatic carbocycles. The van der Waals surface area contributed by atoms with Crippen LogP contribution in [-0.2, 0) is 16.0 Å². The number of carbonyl (C=O) groups is 1. The summed E-state index contributed by atoms with van der Waals surface area (Å²) in [7, 11) is 1.57. The second kappa shape index (κ2) is 7.35. The molecule has 0 radical (unpaired) electrons. The van der Waals surface area contributed by atoms with Gasteiger partial charge in [-0.2, -0.15) is 4.52 Å². The molecule has 1 N–H and O–H groups in total. The fraction of sp³-hybridized carbons (Fsp3) is 0.647. The van der Waals surface area contributed by atoms with Gasteiger partial charge in [0, 0.05) is 31.6 Å². The molecule has 1 atom stereocenters. The molecule has 1 amide bonds. The quantitative estimate of drug-likeness (QED) is 0.852. The number of nitrogens with one attached hydrogen (secondary N) is 1. The Balaban J connectivity index is 1.50. The summed E-state index contributed by atoms with van der Waals surface area (Å²) in [6.45, 7) is 4.81. The maximum Gasteiger partial charge on any atom is 0.231 e. The lowest BCUT2D eigenvalue weighted by molar-refractivity contribution is -0.124. The zero-order chi connectivity index (χ0) is 17.9. The third kappa shape index (κ3) is 4.45. The molecule has 0 saturated carbocycles. The van der Waals surface area contributed by atoms with E-state index in [9.17, 15) is 4.79 Å². The highest BCUT2D eigenvalue weighted by atomic mass is 16.5. The van der Waals surface area contributed by atoms with E-state index in [1.54, 1.807) is 17.7 Å². The van der Waals surface area contributed by atoms with Crippen molar-refractivity contribution in [2.24, 2.45) is 0 Å². The van der Waals surface area contributed by atoms with E-state index < -0.39 is 0 Å². The lowest BCUT2D eigenvalue weighted by Gasteiger charge is -2.35. The number of hydrogen-bond acceptors (Lipinski definition) is 6. The molecule has 0 unspecified atom stereocenters. The van der Waals surface area contributed by atoms with Gasteiger partial charge in [0.25, 0.3) is 0 Å². The maximum atomic E-state index is 12.2. The highest BCUT2D eigenvalue weighted by Crippen LogP contribution is 2.24. The van der Waals surface area contributed by atoms with E-state index in [4.69, 9.17) is 9.47 Å². The Hall–Kier alpha value is -2.22. The van der Waals surface area contributed by atoms with Crippen molar-refractivity contribution in [3.05, 3.63) is 18.0 Å². The van der Waals surface area contributed by atoms with E-state index in [-0.39, 0.29) is 17.6 Å². The first-order chi connectivity index (χ1) is 12.0. The SMILES string of the molecule is COc1ccc2nnc(CCCC(=O)N[C@H]3CCOC(C)(C)C3)n2n1. The maximum absolute atomic E-state index is 12.2. The molecule has 1 aliphatic heterocycles. The van der Waals surface area contributed by atoms with Crippen molar-refractivity contribution in [1.29, 1.82) is 0 Å². The van der Waals surface area contributed by atoms with Gasteiger partial charge in [-0.3, -0.25) is 4.79 Å². The van der Waals surface area contributed by atoms with Gasteiger partial charge in [-0.15, -0.1) is 15.3 Å². The fourth-order valence-electron chi connectivity index (χ4n) is 3.14. The van der Waals surface area contributed by atoms with Gasteiger partial charge in [0.1, 0.15) is 0 Å². The largest absolute Gasteiger partial charge is 0.480 e. The van der Waals surface area contributed by atoms with Gasteiger partial charge < -0.3 is 14.8 Å². The van der Waals surface area contributed by atoms with Gasteiger partial charge >= 0.3 is 0 Å². The number of hydrogen-bond donors (Lipinski definition) is 1. The van der Waals surface area contributed by atoms with Gasteiger partial charge in [-0.1, -0.05) is 0 Å². The number of nitrogens with zero attached hydrogens (tertiary/aromatic N) is 4. The van der Waals surface area contributed by atoms with E-state index in [0.717, 1.165) is 18.7 Å². The number of amides is 1. The summed E-state index contributed by atoms with van der Waals surface area (Å²) in [6, 6.07) is 3.74. The van der Waals surface area contributed by atoms with E-state index in [1.807, 2.05) is 6.07 Å². The Labute approximate surface area is 146 Å². The van der Waals surface area contributed by atoms with Gasteiger partial charge in [0.2, 0.25) is 11.8 Å². The molecule has 0 aliphatic carbocycles. The van der Waals surface area contributed by atoms with Crippen molar-refractivity contribution in [2.75, 3.05) is 13.7 Å². The van der Waals surface area contributed by atoms with Crippen molar-refractivity contribution in [3.63, 3.8) is 0 Å². The van der Waals surface area contributed by atoms with Crippen LogP contribution in [0.2, 0.25) is 0 Å². The van der Waals surface area contributed by atoms with Crippen LogP contribution in [0.3, 0.4) is 0 Å². The predicted octanol–water partition coefficient (Wildman–Crippen LogP) is 1.53. The molecule has 0 bridgehead atoms. The Morgan fingerprint density at radius 1 is 1.44 bits per heavy atom. The van der Waals surface area contributed by atoms with Crippen LogP contribution < -0.4 is 10.1 Å². The smallest absolute Gasteiger partial charge is 0.231 e. The first kappa shape index (κ1) is 17.6. The van der Waals surface area contributed by atoms with E-state index >= 15 is 0 Å². The molecule has 2 aromatic rings. The Bertz CT molecular complexity index is 743. The molecule has 1 saturated heterocycles. The molecule has 3 rings (SSSR count). The molecule has 1 fully saturated rings. The molecule has 3 heterocycles. The number of fused-ring (bicyclic) bond motifs is 1. The molecule has 8 heteroatoms. The minimum absolute atomic E-state index is 0.0714. The van der Waals surface area contributed by atoms with Crippen LogP contribution in [0, 0.1) is 0 Å². The summed E-state index contributed by atoms with van der Waals surface area (Å²) in [5.41, 5.74) is 0.506. The van der Waals surface area contributed by atoms with Crippen molar-refractivity contribution in [2.45, 2.75) is 57.6 Å². The number of aryl methyl sites for hydroxylation is 1. The Morgan fingerprint density at radius 3 is 3.04 bits per heavy atom. The van der Waals surface area contributed by atoms with Crippen LogP contribution in [0.4, 0.5) is 0 Å². The standard InChI is InChI=1S/C17H25N5O3/c1-17(2)11-12(9-10-25-17)18-15(23)6-4-5-13-19-20-14-7-8-16(24-3)21-22(13)14/h7-8,12H,4-6,9-11H2,1-3H3,(H,18,23)/t12-/m0/s1. The molecule has 25 heavy (non-hydrogen) atoms. The first-order valence-corrected chi connectivity index (χ1v) is 8.65. The van der Waals surface area contributed by atoms with Gasteiger partial charge in [-0.05, 0) is 39.2 Å². The van der Waals surface area contributed by atoms with Crippen molar-refractivity contribution < 1.29 is 14.3 Å². The lowest BCUT2D eigenvalue weighted by Crippen LogP contribution is -2.45. The summed E-state index contributed by atoms with van der Waals surface area (Å²) in [4.78, 5) is 12.2. The summed E-state index contributed by atoms with van der Waals surface area (Å²) < 4.78 is 12.5. The highest BCUT2D eigenvalue weighted by Gasteiger charge is 2.29. The van der Waals surface area contributed by atoms with E-state index in [0.29, 0.717) is 37.4 Å². The zero-order valence-corrected chi connectivity index (χ0v) is 15.0. The third-order valence-electron chi connectivity index (χ3n) is 4.38. The van der Waals surface area contributed by atoms with Gasteiger partial charge in [-0.25, -0.2) is 0 Å². The molecule has 8 nitrogen and oxygen atoms in total. The number of carbonyl (C=O) groups excluding carboxylic acids is 1. The summed E-state index contributed by atoms with van der Waals surface area (Å²) in [6.07, 6.45) is 3.49. The van der Waals surface area contributed by atoms with Crippen LogP contribution in [-0.4, -0.2) is 51.1 Å². The van der Waals surface area contributed by atoms with Crippen LogP contribution in [0.25, 0.3) is 5.65 Å². The first-order valence-electron chi connectivity index (χ1n) is 8.65. The average Bonchev–Trinajstić information content (AvgIpc) is 2.96. The number of ether oxygens (including phenoxy) is 2. The summed E-state index contributed by atoms with van der Waals surface area (Å²) in [5, 5.41) is 15.7. The summed E-state index contributed by atoms with van der Waals surface area (Å²) in [5.74, 6) is 1.31. The predicted molar refractivity (Wildman–Crippen MR) is 91.5 cm³/mol.